The molecule has 1 atom stereocenters. The molecule has 0 radical (unpaired) electrons. The molecular formula is C17H20N4O2. The van der Waals surface area contributed by atoms with Gasteiger partial charge in [0.25, 0.3) is 0 Å². The summed E-state index contributed by atoms with van der Waals surface area (Å²) in [5.41, 5.74) is 1.91. The van der Waals surface area contributed by atoms with Gasteiger partial charge in [-0.25, -0.2) is 0 Å². The van der Waals surface area contributed by atoms with E-state index in [0.29, 0.717) is 12.4 Å². The molecule has 6 heteroatoms. The number of amides is 1. The number of hydrogen-bond acceptors (Lipinski definition) is 4. The van der Waals surface area contributed by atoms with Crippen molar-refractivity contribution in [2.45, 2.75) is 40.0 Å². The van der Waals surface area contributed by atoms with E-state index in [1.807, 2.05) is 61.9 Å². The minimum atomic E-state index is -0.932. The highest BCUT2D eigenvalue weighted by atomic mass is 16.6. The van der Waals surface area contributed by atoms with Crippen molar-refractivity contribution >= 4 is 11.8 Å². The van der Waals surface area contributed by atoms with Gasteiger partial charge in [-0.3, -0.25) is 9.48 Å². The minimum Gasteiger partial charge on any atom is -0.445 e. The predicted octanol–water partition coefficient (Wildman–Crippen LogP) is 2.57. The molecule has 0 fully saturated rings. The summed E-state index contributed by atoms with van der Waals surface area (Å²) in [5, 5.41) is 10.2. The number of benzene rings is 1. The number of carbonyl (C=O) groups excluding carboxylic acids is 1. The van der Waals surface area contributed by atoms with Crippen LogP contribution in [0, 0.1) is 13.8 Å². The number of aromatic nitrogens is 2. The fraction of sp³-hybridized carbons (Fsp3) is 0.353. The van der Waals surface area contributed by atoms with Gasteiger partial charge in [0.1, 0.15) is 6.54 Å². The number of nitrogens with zero attached hydrogens (tertiary/aromatic N) is 4. The Bertz CT molecular complexity index is 766. The molecule has 1 aliphatic heterocycles. The van der Waals surface area contributed by atoms with Crippen LogP contribution in [0.2, 0.25) is 0 Å². The Morgan fingerprint density at radius 3 is 2.52 bits per heavy atom. The van der Waals surface area contributed by atoms with E-state index in [0.717, 1.165) is 17.0 Å². The predicted molar refractivity (Wildman–Crippen MR) is 86.5 cm³/mol. The van der Waals surface area contributed by atoms with Crippen LogP contribution >= 0.6 is 0 Å². The summed E-state index contributed by atoms with van der Waals surface area (Å²) in [6.07, 6.45) is 0. The zero-order valence-electron chi connectivity index (χ0n) is 13.8. The third-order valence-electron chi connectivity index (χ3n) is 3.93. The van der Waals surface area contributed by atoms with Crippen molar-refractivity contribution in [3.8, 4) is 0 Å². The van der Waals surface area contributed by atoms with Gasteiger partial charge in [-0.15, -0.1) is 5.10 Å². The van der Waals surface area contributed by atoms with Crippen molar-refractivity contribution in [1.29, 1.82) is 0 Å². The summed E-state index contributed by atoms with van der Waals surface area (Å²) in [7, 11) is 0. The Kier molecular flexibility index (Phi) is 3.67. The Labute approximate surface area is 135 Å². The fourth-order valence-electron chi connectivity index (χ4n) is 2.83. The van der Waals surface area contributed by atoms with E-state index in [-0.39, 0.29) is 5.91 Å². The summed E-state index contributed by atoms with van der Waals surface area (Å²) in [6, 6.07) is 11.6. The second-order valence-corrected chi connectivity index (χ2v) is 5.86. The van der Waals surface area contributed by atoms with Gasteiger partial charge in [-0.05, 0) is 19.9 Å². The van der Waals surface area contributed by atoms with Gasteiger partial charge in [0.15, 0.2) is 0 Å². The number of hydrazone groups is 1. The Hall–Kier alpha value is -2.63. The van der Waals surface area contributed by atoms with Gasteiger partial charge in [0, 0.05) is 25.1 Å². The van der Waals surface area contributed by atoms with E-state index in [9.17, 15) is 4.79 Å². The molecule has 0 N–H and O–H groups in total. The van der Waals surface area contributed by atoms with Crippen LogP contribution in [0.4, 0.5) is 0 Å². The van der Waals surface area contributed by atoms with Crippen molar-refractivity contribution in [2.24, 2.45) is 5.10 Å². The number of aryl methyl sites for hydroxylation is 2. The molecule has 1 aromatic carbocycles. The molecule has 1 amide bonds. The van der Waals surface area contributed by atoms with Crippen molar-refractivity contribution in [3.05, 3.63) is 53.3 Å². The van der Waals surface area contributed by atoms with Crippen LogP contribution in [0.1, 0.15) is 30.8 Å². The van der Waals surface area contributed by atoms with E-state index in [1.165, 1.54) is 11.9 Å². The topological polar surface area (TPSA) is 59.7 Å². The molecule has 6 nitrogen and oxygen atoms in total. The summed E-state index contributed by atoms with van der Waals surface area (Å²) in [4.78, 5) is 12.0. The largest absolute Gasteiger partial charge is 0.445 e. The van der Waals surface area contributed by atoms with Crippen LogP contribution in [-0.4, -0.2) is 26.6 Å². The first-order chi connectivity index (χ1) is 10.9. The molecule has 0 saturated carbocycles. The van der Waals surface area contributed by atoms with Gasteiger partial charge < -0.3 is 4.74 Å². The average molecular weight is 312 g/mol. The maximum absolute atomic E-state index is 12.0. The highest BCUT2D eigenvalue weighted by Gasteiger charge is 2.44. The van der Waals surface area contributed by atoms with Crippen molar-refractivity contribution in [1.82, 2.24) is 14.8 Å². The lowest BCUT2D eigenvalue weighted by molar-refractivity contribution is -0.146. The second kappa shape index (κ2) is 5.53. The molecule has 2 heterocycles. The van der Waals surface area contributed by atoms with Gasteiger partial charge in [-0.1, -0.05) is 30.3 Å². The van der Waals surface area contributed by atoms with Crippen molar-refractivity contribution < 1.29 is 9.53 Å². The van der Waals surface area contributed by atoms with Gasteiger partial charge in [0.05, 0.1) is 5.69 Å². The van der Waals surface area contributed by atoms with Gasteiger partial charge >= 0.3 is 0 Å². The zero-order chi connectivity index (χ0) is 16.6. The van der Waals surface area contributed by atoms with Crippen molar-refractivity contribution in [2.75, 3.05) is 0 Å². The van der Waals surface area contributed by atoms with E-state index in [4.69, 9.17) is 4.74 Å². The lowest BCUT2D eigenvalue weighted by Gasteiger charge is -2.31. The fourth-order valence-corrected chi connectivity index (χ4v) is 2.83. The lowest BCUT2D eigenvalue weighted by Crippen LogP contribution is -2.41. The van der Waals surface area contributed by atoms with Crippen LogP contribution in [0.25, 0.3) is 0 Å². The normalized spacial score (nSPS) is 20.3. The maximum Gasteiger partial charge on any atom is 0.243 e. The lowest BCUT2D eigenvalue weighted by atomic mass is 10.0. The first kappa shape index (κ1) is 15.3. The second-order valence-electron chi connectivity index (χ2n) is 5.86. The Morgan fingerprint density at radius 1 is 1.26 bits per heavy atom. The molecule has 0 spiro atoms. The van der Waals surface area contributed by atoms with E-state index in [1.54, 1.807) is 0 Å². The van der Waals surface area contributed by atoms with E-state index in [2.05, 4.69) is 10.2 Å². The molecular weight excluding hydrogens is 292 g/mol. The summed E-state index contributed by atoms with van der Waals surface area (Å²) >= 11 is 0. The van der Waals surface area contributed by atoms with Crippen LogP contribution in [0.15, 0.2) is 41.5 Å². The summed E-state index contributed by atoms with van der Waals surface area (Å²) < 4.78 is 7.89. The molecule has 0 aliphatic carbocycles. The highest BCUT2D eigenvalue weighted by Crippen LogP contribution is 2.35. The van der Waals surface area contributed by atoms with E-state index >= 15 is 0 Å². The quantitative estimate of drug-likeness (QED) is 0.875. The van der Waals surface area contributed by atoms with Gasteiger partial charge in [-0.2, -0.15) is 10.1 Å². The van der Waals surface area contributed by atoms with Gasteiger partial charge in [0.2, 0.25) is 17.5 Å². The molecule has 23 heavy (non-hydrogen) atoms. The van der Waals surface area contributed by atoms with Crippen LogP contribution < -0.4 is 0 Å². The van der Waals surface area contributed by atoms with Crippen molar-refractivity contribution in [3.63, 3.8) is 0 Å². The molecule has 1 aromatic heterocycles. The monoisotopic (exact) mass is 312 g/mol. The molecule has 0 bridgehead atoms. The first-order valence-corrected chi connectivity index (χ1v) is 7.54. The number of rotatable bonds is 3. The third-order valence-corrected chi connectivity index (χ3v) is 3.93. The zero-order valence-corrected chi connectivity index (χ0v) is 13.8. The molecule has 1 unspecified atom stereocenters. The number of carbonyl (C=O) groups is 1. The minimum absolute atomic E-state index is 0.167. The highest BCUT2D eigenvalue weighted by molar-refractivity contribution is 5.83. The average Bonchev–Trinajstić information content (AvgIpc) is 3.01. The third kappa shape index (κ3) is 2.72. The maximum atomic E-state index is 12.0. The molecule has 1 aliphatic rings. The van der Waals surface area contributed by atoms with Crippen LogP contribution in [-0.2, 0) is 21.8 Å². The SMILES string of the molecule is CC(=O)N1N=C(Cn2nc(C)cc2C)OC1(C)c1ccccc1. The summed E-state index contributed by atoms with van der Waals surface area (Å²) in [5.74, 6) is 0.303. The Balaban J connectivity index is 1.91. The number of ether oxygens (including phenoxy) is 1. The molecule has 0 saturated heterocycles. The first-order valence-electron chi connectivity index (χ1n) is 7.54. The molecule has 3 rings (SSSR count). The smallest absolute Gasteiger partial charge is 0.243 e. The van der Waals surface area contributed by atoms with Crippen LogP contribution in [0.3, 0.4) is 0 Å². The molecule has 2 aromatic rings. The molecule has 120 valence electrons. The summed E-state index contributed by atoms with van der Waals surface area (Å²) in [6.45, 7) is 7.65. The Morgan fingerprint density at radius 2 is 1.96 bits per heavy atom. The van der Waals surface area contributed by atoms with Crippen LogP contribution in [0.5, 0.6) is 0 Å². The van der Waals surface area contributed by atoms with E-state index < -0.39 is 5.72 Å². The standard InChI is InChI=1S/C17H20N4O2/c1-12-10-13(2)20(18-12)11-16-19-21(14(3)22)17(4,23-16)15-8-6-5-7-9-15/h5-10H,11H2,1-4H3. The number of hydrogen-bond donors (Lipinski definition) is 0.